The van der Waals surface area contributed by atoms with E-state index >= 15 is 0 Å². The quantitative estimate of drug-likeness (QED) is 0.606. The van der Waals surface area contributed by atoms with Crippen LogP contribution in [0.4, 0.5) is 16.2 Å². The van der Waals surface area contributed by atoms with E-state index in [4.69, 9.17) is 21.1 Å². The Hall–Kier alpha value is -2.99. The molecular weight excluding hydrogens is 486 g/mol. The van der Waals surface area contributed by atoms with Crippen LogP contribution in [0.1, 0.15) is 34.6 Å². The first-order valence-corrected chi connectivity index (χ1v) is 12.4. The standard InChI is InChI=1S/C21H28ClN5O6S/c1-6-26-12-18(19(22)25-26)34(30,31)27-11-15(10-23-13(2)28)32-17-8-7-14(9-16(17)27)24-20(29)33-21(3,4)5/h7-9,12,15H,6,10-11H2,1-5H3,(H,23,28)(H,24,29)/t15-/m0/s1. The van der Waals surface area contributed by atoms with Gasteiger partial charge in [0.1, 0.15) is 22.4 Å². The SMILES string of the molecule is CCn1cc(S(=O)(=O)N2C[C@H](CNC(C)=O)Oc3ccc(NC(=O)OC(C)(C)C)cc32)c(Cl)n1. The molecule has 0 unspecified atom stereocenters. The van der Waals surface area contributed by atoms with E-state index in [0.29, 0.717) is 12.2 Å². The van der Waals surface area contributed by atoms with E-state index in [1.165, 1.54) is 23.9 Å². The Bertz CT molecular complexity index is 1190. The van der Waals surface area contributed by atoms with Crippen molar-refractivity contribution in [2.75, 3.05) is 22.7 Å². The average Bonchev–Trinajstić information content (AvgIpc) is 3.12. The van der Waals surface area contributed by atoms with E-state index in [1.807, 2.05) is 6.92 Å². The number of carbonyl (C=O) groups is 2. The van der Waals surface area contributed by atoms with E-state index in [2.05, 4.69) is 15.7 Å². The van der Waals surface area contributed by atoms with Gasteiger partial charge in [0.2, 0.25) is 5.91 Å². The Morgan fingerprint density at radius 3 is 2.62 bits per heavy atom. The number of ether oxygens (including phenoxy) is 2. The number of hydrogen-bond acceptors (Lipinski definition) is 7. The van der Waals surface area contributed by atoms with Crippen LogP contribution in [-0.4, -0.2) is 55.0 Å². The highest BCUT2D eigenvalue weighted by Gasteiger charge is 2.37. The number of halogens is 1. The van der Waals surface area contributed by atoms with Crippen LogP contribution in [0.25, 0.3) is 0 Å². The number of carbonyl (C=O) groups excluding carboxylic acids is 2. The smallest absolute Gasteiger partial charge is 0.412 e. The maximum atomic E-state index is 13.6. The van der Waals surface area contributed by atoms with Gasteiger partial charge in [0.15, 0.2) is 5.15 Å². The van der Waals surface area contributed by atoms with Crippen molar-refractivity contribution in [2.45, 2.75) is 57.8 Å². The van der Waals surface area contributed by atoms with E-state index in [-0.39, 0.29) is 40.5 Å². The zero-order valence-electron chi connectivity index (χ0n) is 19.6. The van der Waals surface area contributed by atoms with Crippen molar-refractivity contribution in [1.29, 1.82) is 0 Å². The first-order valence-electron chi connectivity index (χ1n) is 10.6. The van der Waals surface area contributed by atoms with Crippen LogP contribution in [0.15, 0.2) is 29.3 Å². The summed E-state index contributed by atoms with van der Waals surface area (Å²) in [6.45, 7) is 8.80. The van der Waals surface area contributed by atoms with Gasteiger partial charge in [0.05, 0.1) is 18.8 Å². The van der Waals surface area contributed by atoms with Crippen LogP contribution >= 0.6 is 11.6 Å². The molecule has 3 rings (SSSR count). The number of aryl methyl sites for hydroxylation is 1. The lowest BCUT2D eigenvalue weighted by Crippen LogP contribution is -2.48. The topological polar surface area (TPSA) is 132 Å². The molecule has 0 spiro atoms. The third-order valence-electron chi connectivity index (χ3n) is 4.69. The van der Waals surface area contributed by atoms with E-state index < -0.39 is 27.8 Å². The van der Waals surface area contributed by atoms with Gasteiger partial charge >= 0.3 is 6.09 Å². The van der Waals surface area contributed by atoms with Crippen molar-refractivity contribution >= 4 is 45.0 Å². The number of anilines is 2. The van der Waals surface area contributed by atoms with Crippen molar-refractivity contribution < 1.29 is 27.5 Å². The number of amides is 2. The molecule has 2 N–H and O–H groups in total. The number of nitrogens with one attached hydrogen (secondary N) is 2. The molecule has 0 bridgehead atoms. The van der Waals surface area contributed by atoms with Crippen LogP contribution in [0.3, 0.4) is 0 Å². The molecule has 34 heavy (non-hydrogen) atoms. The monoisotopic (exact) mass is 513 g/mol. The zero-order valence-corrected chi connectivity index (χ0v) is 21.2. The maximum absolute atomic E-state index is 13.6. The molecule has 0 aliphatic carbocycles. The van der Waals surface area contributed by atoms with Gasteiger partial charge in [-0.3, -0.25) is 19.1 Å². The van der Waals surface area contributed by atoms with Crippen molar-refractivity contribution in [1.82, 2.24) is 15.1 Å². The predicted octanol–water partition coefficient (Wildman–Crippen LogP) is 3.00. The molecule has 0 saturated heterocycles. The number of rotatable bonds is 6. The minimum Gasteiger partial charge on any atom is -0.484 e. The van der Waals surface area contributed by atoms with Crippen LogP contribution in [0.5, 0.6) is 5.75 Å². The molecule has 11 nitrogen and oxygen atoms in total. The number of aromatic nitrogens is 2. The van der Waals surface area contributed by atoms with Gasteiger partial charge in [-0.25, -0.2) is 13.2 Å². The lowest BCUT2D eigenvalue weighted by atomic mass is 10.2. The Morgan fingerprint density at radius 1 is 1.32 bits per heavy atom. The van der Waals surface area contributed by atoms with Gasteiger partial charge in [-0.05, 0) is 45.9 Å². The van der Waals surface area contributed by atoms with Gasteiger partial charge < -0.3 is 14.8 Å². The largest absolute Gasteiger partial charge is 0.484 e. The maximum Gasteiger partial charge on any atom is 0.412 e. The number of benzene rings is 1. The Labute approximate surface area is 203 Å². The van der Waals surface area contributed by atoms with Gasteiger partial charge in [-0.15, -0.1) is 0 Å². The second-order valence-corrected chi connectivity index (χ2v) is 10.9. The van der Waals surface area contributed by atoms with Crippen molar-refractivity contribution in [3.8, 4) is 5.75 Å². The fourth-order valence-corrected chi connectivity index (χ4v) is 5.18. The molecule has 2 heterocycles. The number of nitrogens with zero attached hydrogens (tertiary/aromatic N) is 3. The number of hydrogen-bond donors (Lipinski definition) is 2. The fourth-order valence-electron chi connectivity index (χ4n) is 3.24. The third kappa shape index (κ3) is 5.92. The van der Waals surface area contributed by atoms with Crippen molar-refractivity contribution in [3.63, 3.8) is 0 Å². The lowest BCUT2D eigenvalue weighted by molar-refractivity contribution is -0.119. The first kappa shape index (κ1) is 25.6. The molecule has 2 amide bonds. The summed E-state index contributed by atoms with van der Waals surface area (Å²) in [6.07, 6.45) is 0.0172. The summed E-state index contributed by atoms with van der Waals surface area (Å²) >= 11 is 6.16. The molecule has 0 radical (unpaired) electrons. The molecule has 13 heteroatoms. The fraction of sp³-hybridized carbons (Fsp3) is 0.476. The molecule has 186 valence electrons. The highest BCUT2D eigenvalue weighted by Crippen LogP contribution is 2.40. The summed E-state index contributed by atoms with van der Waals surface area (Å²) < 4.78 is 41.0. The summed E-state index contributed by atoms with van der Waals surface area (Å²) in [4.78, 5) is 23.4. The Balaban J connectivity index is 2.00. The molecule has 0 fully saturated rings. The molecule has 1 atom stereocenters. The highest BCUT2D eigenvalue weighted by atomic mass is 35.5. The van der Waals surface area contributed by atoms with Crippen molar-refractivity contribution in [3.05, 3.63) is 29.5 Å². The van der Waals surface area contributed by atoms with Crippen molar-refractivity contribution in [2.24, 2.45) is 0 Å². The summed E-state index contributed by atoms with van der Waals surface area (Å²) in [7, 11) is -4.16. The van der Waals surface area contributed by atoms with Gasteiger partial charge in [-0.1, -0.05) is 11.6 Å². The summed E-state index contributed by atoms with van der Waals surface area (Å²) in [6, 6.07) is 4.58. The predicted molar refractivity (Wildman–Crippen MR) is 127 cm³/mol. The van der Waals surface area contributed by atoms with Gasteiger partial charge in [-0.2, -0.15) is 5.10 Å². The summed E-state index contributed by atoms with van der Waals surface area (Å²) in [5.41, 5.74) is -0.190. The molecule has 1 aliphatic rings. The first-order chi connectivity index (χ1) is 15.8. The highest BCUT2D eigenvalue weighted by molar-refractivity contribution is 7.93. The van der Waals surface area contributed by atoms with Crippen LogP contribution in [0, 0.1) is 0 Å². The number of sulfonamides is 1. The van der Waals surface area contributed by atoms with E-state index in [1.54, 1.807) is 32.9 Å². The normalized spacial score (nSPS) is 15.8. The molecule has 1 aliphatic heterocycles. The second-order valence-electron chi connectivity index (χ2n) is 8.66. The van der Waals surface area contributed by atoms with Gasteiger partial charge in [0, 0.05) is 25.4 Å². The molecule has 2 aromatic rings. The summed E-state index contributed by atoms with van der Waals surface area (Å²) in [5.74, 6) is -0.00750. The van der Waals surface area contributed by atoms with Gasteiger partial charge in [0.25, 0.3) is 10.0 Å². The molecular formula is C21H28ClN5O6S. The van der Waals surface area contributed by atoms with Crippen LogP contribution in [0.2, 0.25) is 5.15 Å². The second kappa shape index (κ2) is 9.71. The van der Waals surface area contributed by atoms with E-state index in [0.717, 1.165) is 4.31 Å². The Morgan fingerprint density at radius 2 is 2.03 bits per heavy atom. The average molecular weight is 514 g/mol. The van der Waals surface area contributed by atoms with Crippen LogP contribution in [-0.2, 0) is 26.1 Å². The van der Waals surface area contributed by atoms with Crippen LogP contribution < -0.4 is 19.7 Å². The third-order valence-corrected chi connectivity index (χ3v) is 6.86. The molecule has 0 saturated carbocycles. The minimum atomic E-state index is -4.16. The number of fused-ring (bicyclic) bond motifs is 1. The lowest BCUT2D eigenvalue weighted by Gasteiger charge is -2.35. The zero-order chi connectivity index (χ0) is 25.3. The Kier molecular flexibility index (Phi) is 7.32. The molecule has 1 aromatic carbocycles. The van der Waals surface area contributed by atoms with E-state index in [9.17, 15) is 18.0 Å². The molecule has 1 aromatic heterocycles. The summed E-state index contributed by atoms with van der Waals surface area (Å²) in [5, 5.41) is 9.11. The minimum absolute atomic E-state index is 0.0979.